The van der Waals surface area contributed by atoms with Gasteiger partial charge in [-0.25, -0.2) is 4.79 Å². The van der Waals surface area contributed by atoms with Crippen molar-refractivity contribution in [3.8, 4) is 17.2 Å². The van der Waals surface area contributed by atoms with E-state index in [1.807, 2.05) is 43.3 Å². The van der Waals surface area contributed by atoms with Crippen LogP contribution in [0.1, 0.15) is 76.3 Å². The summed E-state index contributed by atoms with van der Waals surface area (Å²) in [4.78, 5) is 12.1. The van der Waals surface area contributed by atoms with Crippen molar-refractivity contribution < 1.29 is 28.5 Å². The Morgan fingerprint density at radius 1 is 0.842 bits per heavy atom. The molecule has 0 heterocycles. The third-order valence-corrected chi connectivity index (χ3v) is 7.03. The standard InChI is InChI=1S/C32H42O6/c1-3-34-31(32(33)35-4-2)22-24-15-17-26(18-16-24)36-19-9-10-25-20-29(37-27-11-5-6-12-27)23-30(21-25)38-28-13-7-8-14-28/h9-10,15-18,20-21,23,27-28,31H,3-8,11-14,19,22H2,1-2H3/t31-/m0/s1. The fraction of sp³-hybridized carbons (Fsp3) is 0.531. The summed E-state index contributed by atoms with van der Waals surface area (Å²) < 4.78 is 29.2. The molecule has 2 saturated carbocycles. The van der Waals surface area contributed by atoms with Crippen LogP contribution in [0.15, 0.2) is 48.5 Å². The van der Waals surface area contributed by atoms with Crippen molar-refractivity contribution >= 4 is 12.0 Å². The third-order valence-electron chi connectivity index (χ3n) is 7.03. The average Bonchev–Trinajstić information content (AvgIpc) is 3.62. The summed E-state index contributed by atoms with van der Waals surface area (Å²) >= 11 is 0. The molecule has 0 spiro atoms. The van der Waals surface area contributed by atoms with E-state index in [0.717, 1.165) is 54.1 Å². The minimum Gasteiger partial charge on any atom is -0.490 e. The maximum Gasteiger partial charge on any atom is 0.335 e. The van der Waals surface area contributed by atoms with Crippen LogP contribution in [0.3, 0.4) is 0 Å². The molecule has 0 N–H and O–H groups in total. The van der Waals surface area contributed by atoms with Gasteiger partial charge >= 0.3 is 5.97 Å². The van der Waals surface area contributed by atoms with E-state index in [1.54, 1.807) is 6.92 Å². The zero-order valence-electron chi connectivity index (χ0n) is 22.9. The van der Waals surface area contributed by atoms with Crippen molar-refractivity contribution in [3.05, 3.63) is 59.7 Å². The molecule has 38 heavy (non-hydrogen) atoms. The van der Waals surface area contributed by atoms with E-state index in [0.29, 0.717) is 38.4 Å². The summed E-state index contributed by atoms with van der Waals surface area (Å²) in [5, 5.41) is 0. The molecule has 2 fully saturated rings. The van der Waals surface area contributed by atoms with E-state index in [9.17, 15) is 4.79 Å². The highest BCUT2D eigenvalue weighted by Crippen LogP contribution is 2.31. The Balaban J connectivity index is 1.33. The molecule has 1 atom stereocenters. The van der Waals surface area contributed by atoms with Crippen LogP contribution < -0.4 is 14.2 Å². The van der Waals surface area contributed by atoms with Crippen molar-refractivity contribution in [3.63, 3.8) is 0 Å². The number of hydrogen-bond acceptors (Lipinski definition) is 6. The van der Waals surface area contributed by atoms with Gasteiger partial charge in [0.15, 0.2) is 6.10 Å². The first kappa shape index (κ1) is 28.0. The van der Waals surface area contributed by atoms with Crippen molar-refractivity contribution in [1.29, 1.82) is 0 Å². The summed E-state index contributed by atoms with van der Waals surface area (Å²) in [6.07, 6.45) is 14.0. The maximum absolute atomic E-state index is 12.1. The van der Waals surface area contributed by atoms with Crippen LogP contribution in [0, 0.1) is 0 Å². The van der Waals surface area contributed by atoms with Gasteiger partial charge in [0.1, 0.15) is 23.9 Å². The molecule has 0 aliphatic heterocycles. The van der Waals surface area contributed by atoms with Crippen LogP contribution in [-0.2, 0) is 20.7 Å². The molecular formula is C32H42O6. The first-order valence-electron chi connectivity index (χ1n) is 14.3. The molecule has 4 rings (SSSR count). The molecule has 6 heteroatoms. The highest BCUT2D eigenvalue weighted by atomic mass is 16.6. The Labute approximate surface area is 227 Å². The van der Waals surface area contributed by atoms with Gasteiger partial charge in [0.2, 0.25) is 0 Å². The number of benzene rings is 2. The SMILES string of the molecule is CCOC(=O)[C@H](Cc1ccc(OCC=Cc2cc(OC3CCCC3)cc(OC3CCCC3)c2)cc1)OCC. The number of rotatable bonds is 14. The first-order valence-corrected chi connectivity index (χ1v) is 14.3. The van der Waals surface area contributed by atoms with Gasteiger partial charge in [-0.2, -0.15) is 0 Å². The van der Waals surface area contributed by atoms with Crippen LogP contribution in [0.25, 0.3) is 6.08 Å². The topological polar surface area (TPSA) is 63.2 Å². The molecule has 0 saturated heterocycles. The average molecular weight is 523 g/mol. The Hall–Kier alpha value is -2.99. The monoisotopic (exact) mass is 522 g/mol. The summed E-state index contributed by atoms with van der Waals surface area (Å²) in [5.41, 5.74) is 2.04. The predicted molar refractivity (Wildman–Crippen MR) is 149 cm³/mol. The van der Waals surface area contributed by atoms with Gasteiger partial charge in [0.05, 0.1) is 18.8 Å². The second-order valence-electron chi connectivity index (χ2n) is 10.0. The van der Waals surface area contributed by atoms with E-state index in [2.05, 4.69) is 18.2 Å². The van der Waals surface area contributed by atoms with E-state index in [1.165, 1.54) is 25.7 Å². The van der Waals surface area contributed by atoms with Crippen LogP contribution in [0.2, 0.25) is 0 Å². The van der Waals surface area contributed by atoms with Gasteiger partial charge in [-0.1, -0.05) is 18.2 Å². The number of ether oxygens (including phenoxy) is 5. The molecular weight excluding hydrogens is 480 g/mol. The third kappa shape index (κ3) is 8.80. The molecule has 0 radical (unpaired) electrons. The molecule has 2 aromatic rings. The molecule has 0 aromatic heterocycles. The molecule has 0 bridgehead atoms. The smallest absolute Gasteiger partial charge is 0.335 e. The zero-order chi connectivity index (χ0) is 26.6. The second kappa shape index (κ2) is 14.8. The van der Waals surface area contributed by atoms with Crippen molar-refractivity contribution in [2.75, 3.05) is 19.8 Å². The van der Waals surface area contributed by atoms with Gasteiger partial charge in [-0.05, 0) is 107 Å². The van der Waals surface area contributed by atoms with Gasteiger partial charge in [0, 0.05) is 19.1 Å². The molecule has 206 valence electrons. The Morgan fingerprint density at radius 2 is 1.45 bits per heavy atom. The molecule has 2 aromatic carbocycles. The van der Waals surface area contributed by atoms with E-state index in [4.69, 9.17) is 23.7 Å². The maximum atomic E-state index is 12.1. The van der Waals surface area contributed by atoms with E-state index < -0.39 is 6.10 Å². The largest absolute Gasteiger partial charge is 0.490 e. The summed E-state index contributed by atoms with van der Waals surface area (Å²) in [6.45, 7) is 4.91. The summed E-state index contributed by atoms with van der Waals surface area (Å²) in [5.74, 6) is 2.22. The van der Waals surface area contributed by atoms with E-state index in [-0.39, 0.29) is 5.97 Å². The zero-order valence-corrected chi connectivity index (χ0v) is 22.9. The minimum absolute atomic E-state index is 0.306. The van der Waals surface area contributed by atoms with Crippen LogP contribution in [-0.4, -0.2) is 44.1 Å². The Bertz CT molecular complexity index is 982. The Kier molecular flexibility index (Phi) is 10.9. The highest BCUT2D eigenvalue weighted by molar-refractivity contribution is 5.75. The summed E-state index contributed by atoms with van der Waals surface area (Å²) in [6, 6.07) is 14.0. The van der Waals surface area contributed by atoms with Gasteiger partial charge in [0.25, 0.3) is 0 Å². The number of carbonyl (C=O) groups is 1. The Morgan fingerprint density at radius 3 is 2.00 bits per heavy atom. The van der Waals surface area contributed by atoms with Crippen molar-refractivity contribution in [2.45, 2.75) is 89.9 Å². The predicted octanol–water partition coefficient (Wildman–Crippen LogP) is 6.93. The number of hydrogen-bond donors (Lipinski definition) is 0. The van der Waals surface area contributed by atoms with Gasteiger partial charge in [-0.3, -0.25) is 0 Å². The minimum atomic E-state index is -0.592. The van der Waals surface area contributed by atoms with Gasteiger partial charge in [-0.15, -0.1) is 0 Å². The fourth-order valence-corrected chi connectivity index (χ4v) is 5.13. The highest BCUT2D eigenvalue weighted by Gasteiger charge is 2.21. The van der Waals surface area contributed by atoms with Crippen molar-refractivity contribution in [1.82, 2.24) is 0 Å². The van der Waals surface area contributed by atoms with E-state index >= 15 is 0 Å². The fourth-order valence-electron chi connectivity index (χ4n) is 5.13. The molecule has 0 unspecified atom stereocenters. The number of esters is 1. The lowest BCUT2D eigenvalue weighted by Crippen LogP contribution is -2.28. The quantitative estimate of drug-likeness (QED) is 0.251. The van der Waals surface area contributed by atoms with Crippen LogP contribution in [0.4, 0.5) is 0 Å². The normalized spacial score (nSPS) is 17.1. The molecule has 2 aliphatic carbocycles. The lowest BCUT2D eigenvalue weighted by molar-refractivity contribution is -0.156. The van der Waals surface area contributed by atoms with Gasteiger partial charge < -0.3 is 23.7 Å². The lowest BCUT2D eigenvalue weighted by atomic mass is 10.1. The molecule has 6 nitrogen and oxygen atoms in total. The van der Waals surface area contributed by atoms with Crippen molar-refractivity contribution in [2.24, 2.45) is 0 Å². The first-order chi connectivity index (χ1) is 18.6. The number of carbonyl (C=O) groups excluding carboxylic acids is 1. The molecule has 2 aliphatic rings. The summed E-state index contributed by atoms with van der Waals surface area (Å²) in [7, 11) is 0. The lowest BCUT2D eigenvalue weighted by Gasteiger charge is -2.17. The van der Waals surface area contributed by atoms with Crippen LogP contribution in [0.5, 0.6) is 17.2 Å². The molecule has 0 amide bonds. The second-order valence-corrected chi connectivity index (χ2v) is 10.0. The van der Waals surface area contributed by atoms with Crippen LogP contribution >= 0.6 is 0 Å².